The second-order valence-corrected chi connectivity index (χ2v) is 3.07. The van der Waals surface area contributed by atoms with Crippen molar-refractivity contribution >= 4 is 11.4 Å². The summed E-state index contributed by atoms with van der Waals surface area (Å²) < 4.78 is 0. The van der Waals surface area contributed by atoms with Gasteiger partial charge in [0.25, 0.3) is 5.69 Å². The third-order valence-corrected chi connectivity index (χ3v) is 2.02. The maximum atomic E-state index is 10.4. The zero-order valence-electron chi connectivity index (χ0n) is 7.15. The molecule has 13 heavy (non-hydrogen) atoms. The largest absolute Gasteiger partial charge is 0.318 e. The number of anilines is 1. The van der Waals surface area contributed by atoms with E-state index in [1.54, 1.807) is 12.1 Å². The molecule has 2 rings (SSSR count). The number of nitrogens with one attached hydrogen (secondary N) is 1. The van der Waals surface area contributed by atoms with E-state index in [4.69, 9.17) is 0 Å². The number of non-ortho nitro benzene ring substituents is 1. The lowest BCUT2D eigenvalue weighted by Gasteiger charge is -2.06. The smallest absolute Gasteiger partial charge is 0.271 e. The SMILES string of the molecule is CN1Cc2ccc([N+](=O)[O-])cc2N1. The van der Waals surface area contributed by atoms with Crippen LogP contribution in [0, 0.1) is 10.1 Å². The van der Waals surface area contributed by atoms with Crippen molar-refractivity contribution in [2.45, 2.75) is 6.54 Å². The molecule has 0 spiro atoms. The number of hydrazine groups is 1. The molecule has 1 aliphatic heterocycles. The second kappa shape index (κ2) is 2.70. The fraction of sp³-hybridized carbons (Fsp3) is 0.250. The Bertz CT molecular complexity index is 364. The third kappa shape index (κ3) is 1.33. The van der Waals surface area contributed by atoms with Gasteiger partial charge in [-0.2, -0.15) is 0 Å². The molecule has 5 nitrogen and oxygen atoms in total. The molecule has 0 unspecified atom stereocenters. The molecule has 0 saturated heterocycles. The number of benzene rings is 1. The van der Waals surface area contributed by atoms with E-state index in [1.807, 2.05) is 12.1 Å². The summed E-state index contributed by atoms with van der Waals surface area (Å²) in [6.07, 6.45) is 0. The lowest BCUT2D eigenvalue weighted by Crippen LogP contribution is -2.16. The van der Waals surface area contributed by atoms with Gasteiger partial charge in [0.2, 0.25) is 0 Å². The van der Waals surface area contributed by atoms with Gasteiger partial charge in [-0.15, -0.1) is 0 Å². The highest BCUT2D eigenvalue weighted by Crippen LogP contribution is 2.27. The topological polar surface area (TPSA) is 58.4 Å². The summed E-state index contributed by atoms with van der Waals surface area (Å²) in [5, 5.41) is 12.3. The maximum absolute atomic E-state index is 10.4. The number of rotatable bonds is 1. The molecule has 1 aromatic carbocycles. The van der Waals surface area contributed by atoms with Crippen LogP contribution in [0.25, 0.3) is 0 Å². The number of hydrogen-bond donors (Lipinski definition) is 1. The molecule has 68 valence electrons. The quantitative estimate of drug-likeness (QED) is 0.522. The minimum absolute atomic E-state index is 0.126. The normalized spacial score (nSPS) is 15.2. The third-order valence-electron chi connectivity index (χ3n) is 2.02. The zero-order chi connectivity index (χ0) is 9.42. The maximum Gasteiger partial charge on any atom is 0.271 e. The van der Waals surface area contributed by atoms with Crippen molar-refractivity contribution in [3.8, 4) is 0 Å². The predicted octanol–water partition coefficient (Wildman–Crippen LogP) is 1.37. The van der Waals surface area contributed by atoms with E-state index in [9.17, 15) is 10.1 Å². The van der Waals surface area contributed by atoms with Crippen LogP contribution in [0.15, 0.2) is 18.2 Å². The van der Waals surface area contributed by atoms with Gasteiger partial charge in [0.05, 0.1) is 10.6 Å². The van der Waals surface area contributed by atoms with Gasteiger partial charge in [0.1, 0.15) is 0 Å². The molecule has 0 radical (unpaired) electrons. The molecule has 0 aromatic heterocycles. The highest BCUT2D eigenvalue weighted by atomic mass is 16.6. The van der Waals surface area contributed by atoms with E-state index in [1.165, 1.54) is 6.07 Å². The average molecular weight is 179 g/mol. The Balaban J connectivity index is 2.40. The number of nitro benzene ring substituents is 1. The Morgan fingerprint density at radius 3 is 3.08 bits per heavy atom. The molecule has 1 aliphatic rings. The summed E-state index contributed by atoms with van der Waals surface area (Å²) >= 11 is 0. The fourth-order valence-corrected chi connectivity index (χ4v) is 1.42. The summed E-state index contributed by atoms with van der Waals surface area (Å²) in [4.78, 5) is 10.1. The first-order valence-corrected chi connectivity index (χ1v) is 3.92. The van der Waals surface area contributed by atoms with Crippen LogP contribution in [0.1, 0.15) is 5.56 Å². The van der Waals surface area contributed by atoms with Crippen molar-refractivity contribution in [1.29, 1.82) is 0 Å². The minimum Gasteiger partial charge on any atom is -0.318 e. The molecular weight excluding hydrogens is 170 g/mol. The van der Waals surface area contributed by atoms with Crippen molar-refractivity contribution in [1.82, 2.24) is 5.01 Å². The van der Waals surface area contributed by atoms with Crippen molar-refractivity contribution in [2.24, 2.45) is 0 Å². The van der Waals surface area contributed by atoms with E-state index >= 15 is 0 Å². The Kier molecular flexibility index (Phi) is 1.66. The molecule has 1 heterocycles. The summed E-state index contributed by atoms with van der Waals surface area (Å²) in [5.41, 5.74) is 5.07. The Morgan fingerprint density at radius 1 is 1.62 bits per heavy atom. The highest BCUT2D eigenvalue weighted by molar-refractivity contribution is 5.59. The Labute approximate surface area is 75.1 Å². The van der Waals surface area contributed by atoms with Crippen LogP contribution >= 0.6 is 0 Å². The van der Waals surface area contributed by atoms with Gasteiger partial charge in [-0.1, -0.05) is 0 Å². The van der Waals surface area contributed by atoms with Crippen molar-refractivity contribution < 1.29 is 4.92 Å². The van der Waals surface area contributed by atoms with Crippen molar-refractivity contribution in [3.05, 3.63) is 33.9 Å². The van der Waals surface area contributed by atoms with Gasteiger partial charge >= 0.3 is 0 Å². The minimum atomic E-state index is -0.389. The zero-order valence-corrected chi connectivity index (χ0v) is 7.15. The molecule has 0 amide bonds. The molecule has 0 fully saturated rings. The molecule has 0 atom stereocenters. The van der Waals surface area contributed by atoms with Crippen LogP contribution in [0.2, 0.25) is 0 Å². The van der Waals surface area contributed by atoms with E-state index in [0.29, 0.717) is 0 Å². The van der Waals surface area contributed by atoms with Crippen molar-refractivity contribution in [2.75, 3.05) is 12.5 Å². The summed E-state index contributed by atoms with van der Waals surface area (Å²) in [7, 11) is 1.89. The van der Waals surface area contributed by atoms with Crippen LogP contribution < -0.4 is 5.43 Å². The van der Waals surface area contributed by atoms with Gasteiger partial charge in [0, 0.05) is 25.7 Å². The monoisotopic (exact) mass is 179 g/mol. The first kappa shape index (κ1) is 8.00. The van der Waals surface area contributed by atoms with Gasteiger partial charge in [-0.25, -0.2) is 5.01 Å². The van der Waals surface area contributed by atoms with E-state index in [0.717, 1.165) is 17.8 Å². The molecule has 1 N–H and O–H groups in total. The molecule has 0 saturated carbocycles. The Morgan fingerprint density at radius 2 is 2.38 bits per heavy atom. The first-order chi connectivity index (χ1) is 6.16. The van der Waals surface area contributed by atoms with Crippen LogP contribution in [-0.4, -0.2) is 17.0 Å². The number of fused-ring (bicyclic) bond motifs is 1. The lowest BCUT2D eigenvalue weighted by molar-refractivity contribution is -0.384. The summed E-state index contributed by atoms with van der Waals surface area (Å²) in [6.45, 7) is 0.785. The standard InChI is InChI=1S/C8H9N3O2/c1-10-5-6-2-3-7(11(12)13)4-8(6)9-10/h2-4,9H,5H2,1H3. The molecular formula is C8H9N3O2. The number of nitro groups is 1. The summed E-state index contributed by atoms with van der Waals surface area (Å²) in [6, 6.07) is 4.86. The lowest BCUT2D eigenvalue weighted by atomic mass is 10.2. The highest BCUT2D eigenvalue weighted by Gasteiger charge is 2.17. The van der Waals surface area contributed by atoms with Crippen LogP contribution in [0.4, 0.5) is 11.4 Å². The molecule has 5 heteroatoms. The van der Waals surface area contributed by atoms with E-state index in [-0.39, 0.29) is 10.6 Å². The fourth-order valence-electron chi connectivity index (χ4n) is 1.42. The second-order valence-electron chi connectivity index (χ2n) is 3.07. The van der Waals surface area contributed by atoms with Gasteiger partial charge in [0.15, 0.2) is 0 Å². The van der Waals surface area contributed by atoms with Crippen molar-refractivity contribution in [3.63, 3.8) is 0 Å². The van der Waals surface area contributed by atoms with Gasteiger partial charge in [-0.3, -0.25) is 10.1 Å². The molecule has 0 aliphatic carbocycles. The first-order valence-electron chi connectivity index (χ1n) is 3.92. The number of hydrogen-bond acceptors (Lipinski definition) is 4. The molecule has 1 aromatic rings. The number of nitrogens with zero attached hydrogens (tertiary/aromatic N) is 2. The Hall–Kier alpha value is -1.62. The van der Waals surface area contributed by atoms with Crippen LogP contribution in [-0.2, 0) is 6.54 Å². The van der Waals surface area contributed by atoms with Gasteiger partial charge in [-0.05, 0) is 11.6 Å². The van der Waals surface area contributed by atoms with E-state index < -0.39 is 0 Å². The van der Waals surface area contributed by atoms with Gasteiger partial charge < -0.3 is 5.43 Å². The van der Waals surface area contributed by atoms with E-state index in [2.05, 4.69) is 5.43 Å². The molecule has 0 bridgehead atoms. The average Bonchev–Trinajstić information content (AvgIpc) is 2.42. The van der Waals surface area contributed by atoms with Crippen LogP contribution in [0.5, 0.6) is 0 Å². The van der Waals surface area contributed by atoms with Crippen LogP contribution in [0.3, 0.4) is 0 Å². The predicted molar refractivity (Wildman–Crippen MR) is 48.2 cm³/mol. The summed E-state index contributed by atoms with van der Waals surface area (Å²) in [5.74, 6) is 0.